The maximum Gasteiger partial charge on any atom is 0.250 e. The van der Waals surface area contributed by atoms with Gasteiger partial charge in [0, 0.05) is 12.5 Å². The first-order valence-electron chi connectivity index (χ1n) is 10.7. The quantitative estimate of drug-likeness (QED) is 0.542. The molecule has 1 N–H and O–H groups in total. The van der Waals surface area contributed by atoms with Crippen LogP contribution in [0.2, 0.25) is 0 Å². The lowest BCUT2D eigenvalue weighted by molar-refractivity contribution is -0.122. The van der Waals surface area contributed by atoms with Gasteiger partial charge in [-0.15, -0.1) is 10.2 Å². The standard InChI is InChI=1S/C23H28N4O5/c1-29-19-4-3-16(13-20(19)30-2)5-9-24-21(28)14-27-10-6-17(7-11-27)22-25-26-23(32-22)18-8-12-31-15-18/h3-4,8,12-13,15,17H,5-7,9-11,14H2,1-2H3,(H,24,28). The van der Waals surface area contributed by atoms with Crippen molar-refractivity contribution < 1.29 is 23.1 Å². The Morgan fingerprint density at radius 3 is 2.69 bits per heavy atom. The molecule has 0 spiro atoms. The van der Waals surface area contributed by atoms with E-state index < -0.39 is 0 Å². The van der Waals surface area contributed by atoms with Gasteiger partial charge in [-0.3, -0.25) is 9.69 Å². The molecule has 4 rings (SSSR count). The molecule has 0 unspecified atom stereocenters. The van der Waals surface area contributed by atoms with Gasteiger partial charge in [-0.25, -0.2) is 0 Å². The molecule has 170 valence electrons. The zero-order valence-corrected chi connectivity index (χ0v) is 18.4. The van der Waals surface area contributed by atoms with Crippen LogP contribution in [0.3, 0.4) is 0 Å². The van der Waals surface area contributed by atoms with E-state index in [9.17, 15) is 4.79 Å². The Bertz CT molecular complexity index is 1010. The van der Waals surface area contributed by atoms with Crippen LogP contribution in [0.25, 0.3) is 11.5 Å². The van der Waals surface area contributed by atoms with Crippen LogP contribution in [0.5, 0.6) is 11.5 Å². The number of hydrogen-bond acceptors (Lipinski definition) is 8. The monoisotopic (exact) mass is 440 g/mol. The van der Waals surface area contributed by atoms with E-state index in [2.05, 4.69) is 20.4 Å². The number of hydrogen-bond donors (Lipinski definition) is 1. The Morgan fingerprint density at radius 1 is 1.16 bits per heavy atom. The van der Waals surface area contributed by atoms with E-state index in [4.69, 9.17) is 18.3 Å². The summed E-state index contributed by atoms with van der Waals surface area (Å²) in [5, 5.41) is 11.3. The molecule has 1 amide bonds. The number of nitrogens with one attached hydrogen (secondary N) is 1. The molecule has 9 nitrogen and oxygen atoms in total. The van der Waals surface area contributed by atoms with E-state index >= 15 is 0 Å². The minimum absolute atomic E-state index is 0.0314. The number of likely N-dealkylation sites (tertiary alicyclic amines) is 1. The van der Waals surface area contributed by atoms with Gasteiger partial charge in [-0.1, -0.05) is 6.07 Å². The van der Waals surface area contributed by atoms with Crippen LogP contribution in [0.4, 0.5) is 0 Å². The third kappa shape index (κ3) is 5.28. The van der Waals surface area contributed by atoms with E-state index in [1.54, 1.807) is 32.8 Å². The minimum Gasteiger partial charge on any atom is -0.493 e. The number of ether oxygens (including phenoxy) is 2. The number of furan rings is 1. The highest BCUT2D eigenvalue weighted by atomic mass is 16.5. The lowest BCUT2D eigenvalue weighted by Crippen LogP contribution is -2.41. The molecule has 1 saturated heterocycles. The molecule has 3 aromatic rings. The van der Waals surface area contributed by atoms with Gasteiger partial charge in [0.05, 0.1) is 32.6 Å². The highest BCUT2D eigenvalue weighted by molar-refractivity contribution is 5.78. The third-order valence-electron chi connectivity index (χ3n) is 5.70. The number of aromatic nitrogens is 2. The Labute approximate surface area is 186 Å². The van der Waals surface area contributed by atoms with Gasteiger partial charge >= 0.3 is 0 Å². The van der Waals surface area contributed by atoms with Gasteiger partial charge in [0.1, 0.15) is 6.26 Å². The van der Waals surface area contributed by atoms with Gasteiger partial charge < -0.3 is 23.6 Å². The second-order valence-electron chi connectivity index (χ2n) is 7.80. The summed E-state index contributed by atoms with van der Waals surface area (Å²) >= 11 is 0. The van der Waals surface area contributed by atoms with Crippen molar-refractivity contribution >= 4 is 5.91 Å². The molecular weight excluding hydrogens is 412 g/mol. The highest BCUT2D eigenvalue weighted by Gasteiger charge is 2.26. The van der Waals surface area contributed by atoms with Crippen molar-refractivity contribution in [3.8, 4) is 23.0 Å². The molecule has 1 aliphatic heterocycles. The molecule has 1 fully saturated rings. The molecule has 0 bridgehead atoms. The highest BCUT2D eigenvalue weighted by Crippen LogP contribution is 2.29. The fourth-order valence-electron chi connectivity index (χ4n) is 3.88. The largest absolute Gasteiger partial charge is 0.493 e. The number of rotatable bonds is 9. The second-order valence-corrected chi connectivity index (χ2v) is 7.80. The van der Waals surface area contributed by atoms with Crippen molar-refractivity contribution in [2.75, 3.05) is 40.4 Å². The Morgan fingerprint density at radius 2 is 1.97 bits per heavy atom. The molecule has 1 aliphatic rings. The molecule has 0 radical (unpaired) electrons. The second kappa shape index (κ2) is 10.3. The van der Waals surface area contributed by atoms with Crippen LogP contribution >= 0.6 is 0 Å². The molecule has 32 heavy (non-hydrogen) atoms. The SMILES string of the molecule is COc1ccc(CCNC(=O)CN2CCC(c3nnc(-c4ccoc4)o3)CC2)cc1OC. The van der Waals surface area contributed by atoms with Crippen LogP contribution < -0.4 is 14.8 Å². The molecule has 0 aliphatic carbocycles. The van der Waals surface area contributed by atoms with E-state index in [0.29, 0.717) is 36.4 Å². The molecule has 2 aromatic heterocycles. The molecule has 0 saturated carbocycles. The molecule has 3 heterocycles. The molecule has 9 heteroatoms. The number of carbonyl (C=O) groups excluding carboxylic acids is 1. The first-order chi connectivity index (χ1) is 15.7. The maximum atomic E-state index is 12.4. The zero-order chi connectivity index (χ0) is 22.3. The summed E-state index contributed by atoms with van der Waals surface area (Å²) in [7, 11) is 3.23. The number of methoxy groups -OCH3 is 2. The van der Waals surface area contributed by atoms with Crippen LogP contribution in [0.1, 0.15) is 30.2 Å². The summed E-state index contributed by atoms with van der Waals surface area (Å²) in [6, 6.07) is 7.59. The molecule has 0 atom stereocenters. The molecule has 1 aromatic carbocycles. The Kier molecular flexibility index (Phi) is 7.06. The van der Waals surface area contributed by atoms with Crippen molar-refractivity contribution in [3.05, 3.63) is 48.2 Å². The predicted octanol–water partition coefficient (Wildman–Crippen LogP) is 2.89. The van der Waals surface area contributed by atoms with E-state index in [1.807, 2.05) is 18.2 Å². The third-order valence-corrected chi connectivity index (χ3v) is 5.70. The summed E-state index contributed by atoms with van der Waals surface area (Å²) < 4.78 is 21.5. The van der Waals surface area contributed by atoms with Crippen molar-refractivity contribution in [2.24, 2.45) is 0 Å². The number of piperidine rings is 1. The summed E-state index contributed by atoms with van der Waals surface area (Å²) in [6.07, 6.45) is 5.66. The first kappa shape index (κ1) is 21.9. The van der Waals surface area contributed by atoms with Crippen molar-refractivity contribution in [2.45, 2.75) is 25.2 Å². The lowest BCUT2D eigenvalue weighted by atomic mass is 9.97. The Balaban J connectivity index is 1.19. The predicted molar refractivity (Wildman–Crippen MR) is 117 cm³/mol. The van der Waals surface area contributed by atoms with Gasteiger partial charge in [-0.05, 0) is 56.1 Å². The first-order valence-corrected chi connectivity index (χ1v) is 10.7. The van der Waals surface area contributed by atoms with Gasteiger partial charge in [0.2, 0.25) is 11.8 Å². The fourth-order valence-corrected chi connectivity index (χ4v) is 3.88. The Hall–Kier alpha value is -3.33. The number of nitrogens with zero attached hydrogens (tertiary/aromatic N) is 3. The average molecular weight is 441 g/mol. The fraction of sp³-hybridized carbons (Fsp3) is 0.435. The van der Waals surface area contributed by atoms with E-state index in [-0.39, 0.29) is 11.8 Å². The normalized spacial score (nSPS) is 14.9. The van der Waals surface area contributed by atoms with E-state index in [1.165, 1.54) is 0 Å². The smallest absolute Gasteiger partial charge is 0.250 e. The number of benzene rings is 1. The average Bonchev–Trinajstić information content (AvgIpc) is 3.51. The van der Waals surface area contributed by atoms with Gasteiger partial charge in [0.15, 0.2) is 11.5 Å². The number of carbonyl (C=O) groups is 1. The summed E-state index contributed by atoms with van der Waals surface area (Å²) in [5.41, 5.74) is 1.86. The van der Waals surface area contributed by atoms with Crippen LogP contribution in [0, 0.1) is 0 Å². The molecular formula is C23H28N4O5. The van der Waals surface area contributed by atoms with Crippen LogP contribution in [-0.4, -0.2) is 61.4 Å². The zero-order valence-electron chi connectivity index (χ0n) is 18.4. The van der Waals surface area contributed by atoms with Crippen molar-refractivity contribution in [1.29, 1.82) is 0 Å². The van der Waals surface area contributed by atoms with Gasteiger partial charge in [-0.2, -0.15) is 0 Å². The summed E-state index contributed by atoms with van der Waals surface area (Å²) in [4.78, 5) is 14.5. The maximum absolute atomic E-state index is 12.4. The summed E-state index contributed by atoms with van der Waals surface area (Å²) in [6.45, 7) is 2.60. The van der Waals surface area contributed by atoms with Gasteiger partial charge in [0.25, 0.3) is 5.89 Å². The lowest BCUT2D eigenvalue weighted by Gasteiger charge is -2.29. The van der Waals surface area contributed by atoms with E-state index in [0.717, 1.165) is 43.5 Å². The number of amides is 1. The minimum atomic E-state index is 0.0314. The van der Waals surface area contributed by atoms with Crippen molar-refractivity contribution in [1.82, 2.24) is 20.4 Å². The van der Waals surface area contributed by atoms with Crippen molar-refractivity contribution in [3.63, 3.8) is 0 Å². The van der Waals surface area contributed by atoms with Crippen LogP contribution in [-0.2, 0) is 11.2 Å². The topological polar surface area (TPSA) is 103 Å². The summed E-state index contributed by atoms with van der Waals surface area (Å²) in [5.74, 6) is 2.76. The van der Waals surface area contributed by atoms with Crippen LogP contribution in [0.15, 0.2) is 45.6 Å².